The Balaban J connectivity index is 2.63. The Bertz CT molecular complexity index is 376. The fourth-order valence-corrected chi connectivity index (χ4v) is 1.05. The predicted octanol–water partition coefficient (Wildman–Crippen LogP) is 0.635. The Hall–Kier alpha value is -1.86. The van der Waals surface area contributed by atoms with Crippen LogP contribution in [0.25, 0.3) is 0 Å². The highest BCUT2D eigenvalue weighted by Gasteiger charge is 2.05. The van der Waals surface area contributed by atoms with Crippen LogP contribution in [-0.2, 0) is 0 Å². The molecule has 0 saturated carbocycles. The highest BCUT2D eigenvalue weighted by Crippen LogP contribution is 2.02. The number of carbonyl (C=O) groups is 1. The lowest BCUT2D eigenvalue weighted by Gasteiger charge is -2.07. The van der Waals surface area contributed by atoms with Crippen molar-refractivity contribution in [3.8, 4) is 6.07 Å². The highest BCUT2D eigenvalue weighted by molar-refractivity contribution is 5.94. The summed E-state index contributed by atoms with van der Waals surface area (Å²) in [7, 11) is 0. The van der Waals surface area contributed by atoms with Gasteiger partial charge in [-0.25, -0.2) is 0 Å². The van der Waals surface area contributed by atoms with Crippen molar-refractivity contribution in [2.75, 3.05) is 6.54 Å². The molecule has 0 aliphatic rings. The van der Waals surface area contributed by atoms with Gasteiger partial charge in [-0.1, -0.05) is 0 Å². The summed E-state index contributed by atoms with van der Waals surface area (Å²) >= 11 is 0. The highest BCUT2D eigenvalue weighted by atomic mass is 16.1. The molecule has 0 radical (unpaired) electrons. The molecule has 4 heteroatoms. The van der Waals surface area contributed by atoms with Crippen LogP contribution < -0.4 is 11.1 Å². The van der Waals surface area contributed by atoms with Crippen molar-refractivity contribution >= 4 is 5.91 Å². The van der Waals surface area contributed by atoms with Crippen LogP contribution in [0.1, 0.15) is 22.8 Å². The zero-order chi connectivity index (χ0) is 11.3. The summed E-state index contributed by atoms with van der Waals surface area (Å²) in [4.78, 5) is 11.5. The van der Waals surface area contributed by atoms with Crippen molar-refractivity contribution in [3.05, 3.63) is 35.4 Å². The molecule has 4 nitrogen and oxygen atoms in total. The van der Waals surface area contributed by atoms with E-state index in [0.717, 1.165) is 0 Å². The van der Waals surface area contributed by atoms with E-state index in [-0.39, 0.29) is 11.9 Å². The smallest absolute Gasteiger partial charge is 0.251 e. The first-order valence-corrected chi connectivity index (χ1v) is 4.67. The third-order valence-corrected chi connectivity index (χ3v) is 1.86. The van der Waals surface area contributed by atoms with Crippen LogP contribution in [0.3, 0.4) is 0 Å². The molecular weight excluding hydrogens is 190 g/mol. The number of rotatable bonds is 3. The molecule has 0 saturated heterocycles. The van der Waals surface area contributed by atoms with Gasteiger partial charge in [-0.2, -0.15) is 5.26 Å². The third kappa shape index (κ3) is 3.41. The summed E-state index contributed by atoms with van der Waals surface area (Å²) in [5, 5.41) is 11.3. The second-order valence-corrected chi connectivity index (χ2v) is 3.38. The molecule has 1 atom stereocenters. The minimum absolute atomic E-state index is 0.0627. The number of nitrogens with zero attached hydrogens (tertiary/aromatic N) is 1. The summed E-state index contributed by atoms with van der Waals surface area (Å²) in [5.41, 5.74) is 6.58. The number of nitrogens with one attached hydrogen (secondary N) is 1. The molecule has 0 bridgehead atoms. The number of carbonyl (C=O) groups excluding carboxylic acids is 1. The van der Waals surface area contributed by atoms with E-state index in [9.17, 15) is 4.79 Å². The zero-order valence-electron chi connectivity index (χ0n) is 8.53. The lowest BCUT2D eigenvalue weighted by molar-refractivity contribution is 0.0951. The van der Waals surface area contributed by atoms with Crippen LogP contribution in [-0.4, -0.2) is 18.5 Å². The average molecular weight is 203 g/mol. The first-order chi connectivity index (χ1) is 7.13. The molecule has 1 amide bonds. The molecule has 1 unspecified atom stereocenters. The first-order valence-electron chi connectivity index (χ1n) is 4.67. The fourth-order valence-electron chi connectivity index (χ4n) is 1.05. The first kappa shape index (κ1) is 11.2. The maximum absolute atomic E-state index is 11.5. The Morgan fingerprint density at radius 2 is 2.13 bits per heavy atom. The molecule has 0 aliphatic heterocycles. The van der Waals surface area contributed by atoms with Crippen LogP contribution >= 0.6 is 0 Å². The summed E-state index contributed by atoms with van der Waals surface area (Å²) in [5.74, 6) is -0.170. The van der Waals surface area contributed by atoms with Crippen LogP contribution in [0.5, 0.6) is 0 Å². The number of hydrogen-bond acceptors (Lipinski definition) is 3. The number of nitrogens with two attached hydrogens (primary N) is 1. The monoisotopic (exact) mass is 203 g/mol. The Morgan fingerprint density at radius 3 is 2.60 bits per heavy atom. The number of nitriles is 1. The van der Waals surface area contributed by atoms with Crippen LogP contribution in [0.4, 0.5) is 0 Å². The summed E-state index contributed by atoms with van der Waals surface area (Å²) in [6.07, 6.45) is 0. The summed E-state index contributed by atoms with van der Waals surface area (Å²) in [6.45, 7) is 2.26. The largest absolute Gasteiger partial charge is 0.350 e. The molecule has 0 fully saturated rings. The maximum Gasteiger partial charge on any atom is 0.251 e. The number of hydrogen-bond donors (Lipinski definition) is 2. The fraction of sp³-hybridized carbons (Fsp3) is 0.273. The van der Waals surface area contributed by atoms with E-state index in [1.165, 1.54) is 0 Å². The molecule has 0 spiro atoms. The van der Waals surface area contributed by atoms with Gasteiger partial charge in [0.1, 0.15) is 0 Å². The van der Waals surface area contributed by atoms with E-state index in [1.807, 2.05) is 13.0 Å². The molecule has 1 aromatic rings. The van der Waals surface area contributed by atoms with Gasteiger partial charge in [0, 0.05) is 18.2 Å². The normalized spacial score (nSPS) is 11.5. The standard InChI is InChI=1S/C11H13N3O/c1-8(13)7-14-11(15)10-4-2-9(6-12)3-5-10/h2-5,8H,7,13H2,1H3,(H,14,15). The molecule has 3 N–H and O–H groups in total. The Labute approximate surface area is 88.7 Å². The van der Waals surface area contributed by atoms with Gasteiger partial charge in [0.25, 0.3) is 5.91 Å². The van der Waals surface area contributed by atoms with Gasteiger partial charge in [-0.05, 0) is 31.2 Å². The topological polar surface area (TPSA) is 78.9 Å². The van der Waals surface area contributed by atoms with Crippen molar-refractivity contribution < 1.29 is 4.79 Å². The Kier molecular flexibility index (Phi) is 3.83. The molecule has 1 aromatic carbocycles. The van der Waals surface area contributed by atoms with Crippen LogP contribution in [0.2, 0.25) is 0 Å². The van der Waals surface area contributed by atoms with Crippen LogP contribution in [0.15, 0.2) is 24.3 Å². The minimum Gasteiger partial charge on any atom is -0.350 e. The lowest BCUT2D eigenvalue weighted by atomic mass is 10.1. The molecule has 78 valence electrons. The van der Waals surface area contributed by atoms with Gasteiger partial charge in [0.2, 0.25) is 0 Å². The molecule has 0 aliphatic carbocycles. The number of benzene rings is 1. The van der Waals surface area contributed by atoms with Gasteiger partial charge in [0.15, 0.2) is 0 Å². The van der Waals surface area contributed by atoms with Gasteiger partial charge in [0.05, 0.1) is 11.6 Å². The summed E-state index contributed by atoms with van der Waals surface area (Å²) in [6, 6.07) is 8.39. The van der Waals surface area contributed by atoms with Gasteiger partial charge in [-0.15, -0.1) is 0 Å². The van der Waals surface area contributed by atoms with E-state index in [4.69, 9.17) is 11.0 Å². The van der Waals surface area contributed by atoms with E-state index < -0.39 is 0 Å². The molecular formula is C11H13N3O. The maximum atomic E-state index is 11.5. The average Bonchev–Trinajstić information content (AvgIpc) is 2.26. The third-order valence-electron chi connectivity index (χ3n) is 1.86. The van der Waals surface area contributed by atoms with Crippen molar-refractivity contribution in [1.82, 2.24) is 5.32 Å². The van der Waals surface area contributed by atoms with Crippen molar-refractivity contribution in [1.29, 1.82) is 5.26 Å². The molecule has 1 rings (SSSR count). The van der Waals surface area contributed by atoms with Gasteiger partial charge in [-0.3, -0.25) is 4.79 Å². The van der Waals surface area contributed by atoms with E-state index in [2.05, 4.69) is 5.32 Å². The molecule has 0 aromatic heterocycles. The molecule has 15 heavy (non-hydrogen) atoms. The van der Waals surface area contributed by atoms with E-state index in [0.29, 0.717) is 17.7 Å². The van der Waals surface area contributed by atoms with Crippen molar-refractivity contribution in [3.63, 3.8) is 0 Å². The second-order valence-electron chi connectivity index (χ2n) is 3.38. The lowest BCUT2D eigenvalue weighted by Crippen LogP contribution is -2.35. The van der Waals surface area contributed by atoms with Crippen LogP contribution in [0, 0.1) is 11.3 Å². The minimum atomic E-state index is -0.170. The van der Waals surface area contributed by atoms with Crippen molar-refractivity contribution in [2.45, 2.75) is 13.0 Å². The van der Waals surface area contributed by atoms with Gasteiger partial charge < -0.3 is 11.1 Å². The second kappa shape index (κ2) is 5.13. The zero-order valence-corrected chi connectivity index (χ0v) is 8.53. The SMILES string of the molecule is CC(N)CNC(=O)c1ccc(C#N)cc1. The van der Waals surface area contributed by atoms with Gasteiger partial charge >= 0.3 is 0 Å². The van der Waals surface area contributed by atoms with E-state index >= 15 is 0 Å². The summed E-state index contributed by atoms with van der Waals surface area (Å²) < 4.78 is 0. The predicted molar refractivity (Wildman–Crippen MR) is 57.1 cm³/mol. The molecule has 0 heterocycles. The van der Waals surface area contributed by atoms with E-state index in [1.54, 1.807) is 24.3 Å². The quantitative estimate of drug-likeness (QED) is 0.756. The number of amides is 1. The Morgan fingerprint density at radius 1 is 1.53 bits per heavy atom. The van der Waals surface area contributed by atoms with Crippen molar-refractivity contribution in [2.24, 2.45) is 5.73 Å².